The molecule has 1 saturated heterocycles. The predicted molar refractivity (Wildman–Crippen MR) is 80.3 cm³/mol. The third kappa shape index (κ3) is 4.73. The number of hydrogen-bond donors (Lipinski definition) is 1. The van der Waals surface area contributed by atoms with E-state index in [-0.39, 0.29) is 0 Å². The molecule has 112 valence electrons. The molecule has 1 N–H and O–H groups in total. The van der Waals surface area contributed by atoms with E-state index in [1.807, 2.05) is 0 Å². The molecule has 0 radical (unpaired) electrons. The lowest BCUT2D eigenvalue weighted by atomic mass is 9.86. The van der Waals surface area contributed by atoms with Gasteiger partial charge in [-0.2, -0.15) is 0 Å². The summed E-state index contributed by atoms with van der Waals surface area (Å²) in [4.78, 5) is 2.54. The zero-order chi connectivity index (χ0) is 13.9. The lowest BCUT2D eigenvalue weighted by Crippen LogP contribution is -2.44. The Morgan fingerprint density at radius 2 is 2.16 bits per heavy atom. The Kier molecular flexibility index (Phi) is 5.27. The van der Waals surface area contributed by atoms with Crippen molar-refractivity contribution in [2.75, 3.05) is 46.4 Å². The molecule has 3 nitrogen and oxygen atoms in total. The average Bonchev–Trinajstić information content (AvgIpc) is 2.83. The van der Waals surface area contributed by atoms with Crippen LogP contribution in [0.25, 0.3) is 0 Å². The van der Waals surface area contributed by atoms with E-state index in [0.717, 1.165) is 44.1 Å². The highest BCUT2D eigenvalue weighted by Crippen LogP contribution is 2.38. The van der Waals surface area contributed by atoms with Crippen LogP contribution in [-0.4, -0.2) is 51.3 Å². The largest absolute Gasteiger partial charge is 0.381 e. The van der Waals surface area contributed by atoms with Crippen molar-refractivity contribution in [3.8, 4) is 0 Å². The Morgan fingerprint density at radius 3 is 2.68 bits per heavy atom. The molecule has 1 aliphatic heterocycles. The minimum absolute atomic E-state index is 0.349. The summed E-state index contributed by atoms with van der Waals surface area (Å²) in [6, 6.07) is 0. The quantitative estimate of drug-likeness (QED) is 0.730. The molecule has 3 atom stereocenters. The molecule has 3 heteroatoms. The normalized spacial score (nSPS) is 34.4. The van der Waals surface area contributed by atoms with Gasteiger partial charge < -0.3 is 15.0 Å². The van der Waals surface area contributed by atoms with Gasteiger partial charge in [0.05, 0.1) is 6.61 Å². The fourth-order valence-electron chi connectivity index (χ4n) is 3.29. The molecular weight excluding hydrogens is 236 g/mol. The maximum atomic E-state index is 5.69. The number of rotatable bonds is 8. The van der Waals surface area contributed by atoms with Gasteiger partial charge in [-0.25, -0.2) is 0 Å². The van der Waals surface area contributed by atoms with Crippen molar-refractivity contribution in [2.45, 2.75) is 33.6 Å². The monoisotopic (exact) mass is 268 g/mol. The fourth-order valence-corrected chi connectivity index (χ4v) is 3.29. The van der Waals surface area contributed by atoms with E-state index in [1.165, 1.54) is 25.9 Å². The first-order valence-corrected chi connectivity index (χ1v) is 7.98. The van der Waals surface area contributed by atoms with Gasteiger partial charge in [0.2, 0.25) is 0 Å². The first-order chi connectivity index (χ1) is 9.01. The van der Waals surface area contributed by atoms with E-state index in [4.69, 9.17) is 4.74 Å². The van der Waals surface area contributed by atoms with Gasteiger partial charge in [-0.05, 0) is 44.2 Å². The van der Waals surface area contributed by atoms with Crippen LogP contribution in [0.5, 0.6) is 0 Å². The lowest BCUT2D eigenvalue weighted by molar-refractivity contribution is 0.116. The van der Waals surface area contributed by atoms with Gasteiger partial charge in [0.25, 0.3) is 0 Å². The second-order valence-electron chi connectivity index (χ2n) is 7.50. The molecule has 0 spiro atoms. The van der Waals surface area contributed by atoms with Gasteiger partial charge >= 0.3 is 0 Å². The van der Waals surface area contributed by atoms with Crippen molar-refractivity contribution in [2.24, 2.45) is 23.2 Å². The molecule has 0 aromatic carbocycles. The van der Waals surface area contributed by atoms with Gasteiger partial charge in [0.1, 0.15) is 0 Å². The van der Waals surface area contributed by atoms with E-state index in [9.17, 15) is 0 Å². The summed E-state index contributed by atoms with van der Waals surface area (Å²) in [5.41, 5.74) is 0.349. The number of nitrogens with one attached hydrogen (secondary N) is 1. The van der Waals surface area contributed by atoms with Crippen molar-refractivity contribution >= 4 is 0 Å². The number of nitrogens with zero attached hydrogens (tertiary/aromatic N) is 1. The summed E-state index contributed by atoms with van der Waals surface area (Å²) in [5.74, 6) is 2.63. The Morgan fingerprint density at radius 1 is 1.42 bits per heavy atom. The molecule has 3 unspecified atom stereocenters. The van der Waals surface area contributed by atoms with Crippen LogP contribution >= 0.6 is 0 Å². The second kappa shape index (κ2) is 6.55. The molecule has 0 aromatic rings. The van der Waals surface area contributed by atoms with Crippen LogP contribution in [0, 0.1) is 23.2 Å². The Labute approximate surface area is 119 Å². The third-order valence-corrected chi connectivity index (χ3v) is 4.67. The summed E-state index contributed by atoms with van der Waals surface area (Å²) in [6.07, 6.45) is 2.64. The maximum Gasteiger partial charge on any atom is 0.0547 e. The average molecular weight is 268 g/mol. The number of hydrogen-bond acceptors (Lipinski definition) is 3. The molecule has 19 heavy (non-hydrogen) atoms. The third-order valence-electron chi connectivity index (χ3n) is 4.67. The van der Waals surface area contributed by atoms with E-state index in [2.05, 4.69) is 38.0 Å². The van der Waals surface area contributed by atoms with Crippen LogP contribution in [0.2, 0.25) is 0 Å². The van der Waals surface area contributed by atoms with Crippen LogP contribution in [0.3, 0.4) is 0 Å². The van der Waals surface area contributed by atoms with Crippen LogP contribution in [-0.2, 0) is 4.74 Å². The molecular formula is C16H32N2O. The van der Waals surface area contributed by atoms with Gasteiger partial charge in [-0.15, -0.1) is 0 Å². The first-order valence-electron chi connectivity index (χ1n) is 7.98. The Bertz CT molecular complexity index is 274. The van der Waals surface area contributed by atoms with E-state index in [1.54, 1.807) is 0 Å². The molecule has 0 bridgehead atoms. The van der Waals surface area contributed by atoms with Gasteiger partial charge in [-0.1, -0.05) is 20.8 Å². The van der Waals surface area contributed by atoms with E-state index >= 15 is 0 Å². The van der Waals surface area contributed by atoms with Gasteiger partial charge in [-0.3, -0.25) is 0 Å². The van der Waals surface area contributed by atoms with Gasteiger partial charge in [0, 0.05) is 31.7 Å². The van der Waals surface area contributed by atoms with Crippen molar-refractivity contribution in [1.29, 1.82) is 0 Å². The SMILES string of the molecule is CC(C)CNCC1(CN(C)CC2CC2C)CCOC1. The van der Waals surface area contributed by atoms with Crippen molar-refractivity contribution in [3.63, 3.8) is 0 Å². The summed E-state index contributed by atoms with van der Waals surface area (Å²) < 4.78 is 5.69. The maximum absolute atomic E-state index is 5.69. The van der Waals surface area contributed by atoms with E-state index < -0.39 is 0 Å². The highest BCUT2D eigenvalue weighted by molar-refractivity contribution is 4.90. The minimum Gasteiger partial charge on any atom is -0.381 e. The Balaban J connectivity index is 1.77. The molecule has 2 rings (SSSR count). The zero-order valence-electron chi connectivity index (χ0n) is 13.2. The van der Waals surface area contributed by atoms with E-state index in [0.29, 0.717) is 5.41 Å². The Hall–Kier alpha value is -0.120. The highest BCUT2D eigenvalue weighted by atomic mass is 16.5. The van der Waals surface area contributed by atoms with Crippen molar-refractivity contribution in [3.05, 3.63) is 0 Å². The summed E-state index contributed by atoms with van der Waals surface area (Å²) >= 11 is 0. The zero-order valence-corrected chi connectivity index (χ0v) is 13.2. The number of ether oxygens (including phenoxy) is 1. The smallest absolute Gasteiger partial charge is 0.0547 e. The molecule has 1 saturated carbocycles. The predicted octanol–water partition coefficient (Wildman–Crippen LogP) is 2.23. The first kappa shape index (κ1) is 15.3. The molecule has 1 aliphatic carbocycles. The van der Waals surface area contributed by atoms with Crippen molar-refractivity contribution < 1.29 is 4.74 Å². The highest BCUT2D eigenvalue weighted by Gasteiger charge is 2.38. The molecule has 0 aromatic heterocycles. The second-order valence-corrected chi connectivity index (χ2v) is 7.50. The van der Waals surface area contributed by atoms with Crippen molar-refractivity contribution in [1.82, 2.24) is 10.2 Å². The van der Waals surface area contributed by atoms with Gasteiger partial charge in [0.15, 0.2) is 0 Å². The lowest BCUT2D eigenvalue weighted by Gasteiger charge is -2.33. The van der Waals surface area contributed by atoms with Crippen LogP contribution < -0.4 is 5.32 Å². The summed E-state index contributed by atoms with van der Waals surface area (Å²) in [7, 11) is 2.29. The molecule has 1 heterocycles. The minimum atomic E-state index is 0.349. The van der Waals surface area contributed by atoms with Crippen LogP contribution in [0.1, 0.15) is 33.6 Å². The van der Waals surface area contributed by atoms with Crippen LogP contribution in [0.4, 0.5) is 0 Å². The summed E-state index contributed by atoms with van der Waals surface area (Å²) in [5, 5.41) is 3.64. The topological polar surface area (TPSA) is 24.5 Å². The molecule has 2 fully saturated rings. The van der Waals surface area contributed by atoms with Crippen LogP contribution in [0.15, 0.2) is 0 Å². The summed E-state index contributed by atoms with van der Waals surface area (Å²) in [6.45, 7) is 13.5. The fraction of sp³-hybridized carbons (Fsp3) is 1.00. The standard InChI is InChI=1S/C16H32N2O/c1-13(2)8-17-10-16(5-6-19-12-16)11-18(4)9-15-7-14(15)3/h13-15,17H,5-12H2,1-4H3. The molecule has 0 amide bonds. The molecule has 2 aliphatic rings.